The van der Waals surface area contributed by atoms with E-state index in [0.717, 1.165) is 10.6 Å². The van der Waals surface area contributed by atoms with Gasteiger partial charge in [0.1, 0.15) is 17.5 Å². The fraction of sp³-hybridized carbons (Fsp3) is 0.174. The Bertz CT molecular complexity index is 1200. The van der Waals surface area contributed by atoms with E-state index in [1.54, 1.807) is 42.5 Å². The van der Waals surface area contributed by atoms with E-state index < -0.39 is 22.0 Å². The molecule has 1 atom stereocenters. The van der Waals surface area contributed by atoms with Crippen LogP contribution in [0.1, 0.15) is 6.92 Å². The Kier molecular flexibility index (Phi) is 7.27. The molecule has 3 rings (SSSR count). The van der Waals surface area contributed by atoms with Gasteiger partial charge in [0, 0.05) is 0 Å². The van der Waals surface area contributed by atoms with E-state index in [4.69, 9.17) is 21.1 Å². The molecule has 0 saturated heterocycles. The van der Waals surface area contributed by atoms with Gasteiger partial charge in [-0.3, -0.25) is 9.10 Å². The summed E-state index contributed by atoms with van der Waals surface area (Å²) in [7, 11) is -2.35. The van der Waals surface area contributed by atoms with Crippen molar-refractivity contribution in [3.63, 3.8) is 0 Å². The summed E-state index contributed by atoms with van der Waals surface area (Å²) in [5.74, 6) is 0.893. The summed E-state index contributed by atoms with van der Waals surface area (Å²) in [5, 5.41) is 2.99. The second-order valence-electron chi connectivity index (χ2n) is 6.95. The predicted octanol–water partition coefficient (Wildman–Crippen LogP) is 4.93. The Labute approximate surface area is 192 Å². The van der Waals surface area contributed by atoms with Crippen LogP contribution in [0.3, 0.4) is 0 Å². The number of methoxy groups -OCH3 is 1. The van der Waals surface area contributed by atoms with E-state index in [9.17, 15) is 13.2 Å². The molecule has 0 spiro atoms. The molecule has 0 heterocycles. The highest BCUT2D eigenvalue weighted by molar-refractivity contribution is 7.92. The Morgan fingerprint density at radius 1 is 1.00 bits per heavy atom. The van der Waals surface area contributed by atoms with Crippen molar-refractivity contribution in [2.75, 3.05) is 23.0 Å². The van der Waals surface area contributed by atoms with Gasteiger partial charge in [0.2, 0.25) is 15.9 Å². The number of rotatable bonds is 8. The highest BCUT2D eigenvalue weighted by Gasteiger charge is 2.30. The van der Waals surface area contributed by atoms with Gasteiger partial charge in [0.15, 0.2) is 5.75 Å². The van der Waals surface area contributed by atoms with Gasteiger partial charge >= 0.3 is 0 Å². The fourth-order valence-electron chi connectivity index (χ4n) is 3.11. The molecule has 7 nitrogen and oxygen atoms in total. The van der Waals surface area contributed by atoms with Crippen LogP contribution < -0.4 is 19.1 Å². The number of halogens is 1. The second kappa shape index (κ2) is 9.93. The van der Waals surface area contributed by atoms with Crippen molar-refractivity contribution < 1.29 is 22.7 Å². The number of sulfonamides is 1. The van der Waals surface area contributed by atoms with Crippen molar-refractivity contribution in [3.05, 3.63) is 77.8 Å². The highest BCUT2D eigenvalue weighted by Crippen LogP contribution is 2.32. The summed E-state index contributed by atoms with van der Waals surface area (Å²) < 4.78 is 37.1. The van der Waals surface area contributed by atoms with Crippen LogP contribution in [-0.2, 0) is 14.8 Å². The van der Waals surface area contributed by atoms with E-state index in [1.165, 1.54) is 26.2 Å². The molecule has 3 aromatic carbocycles. The molecule has 0 aliphatic heterocycles. The van der Waals surface area contributed by atoms with E-state index >= 15 is 0 Å². The zero-order valence-corrected chi connectivity index (χ0v) is 19.4. The van der Waals surface area contributed by atoms with Gasteiger partial charge in [-0.15, -0.1) is 0 Å². The van der Waals surface area contributed by atoms with Crippen LogP contribution in [0.15, 0.2) is 72.8 Å². The van der Waals surface area contributed by atoms with Crippen LogP contribution in [0, 0.1) is 0 Å². The van der Waals surface area contributed by atoms with Crippen molar-refractivity contribution in [1.82, 2.24) is 0 Å². The molecule has 9 heteroatoms. The second-order valence-corrected chi connectivity index (χ2v) is 9.22. The molecule has 1 amide bonds. The molecule has 32 heavy (non-hydrogen) atoms. The standard InChI is InChI=1S/C23H23ClN2O5S/c1-16(26(32(3,28)29)17-13-14-21(30-2)19(24)15-17)23(27)25-20-11-7-8-12-22(20)31-18-9-5-4-6-10-18/h4-16H,1-3H3,(H,25,27)/t16-/m0/s1. The van der Waals surface area contributed by atoms with E-state index in [1.807, 2.05) is 18.2 Å². The SMILES string of the molecule is COc1ccc(N([C@@H](C)C(=O)Nc2ccccc2Oc2ccccc2)S(C)(=O)=O)cc1Cl. The van der Waals surface area contributed by atoms with Crippen molar-refractivity contribution in [2.45, 2.75) is 13.0 Å². The average Bonchev–Trinajstić information content (AvgIpc) is 2.75. The zero-order chi connectivity index (χ0) is 23.3. The van der Waals surface area contributed by atoms with Crippen molar-refractivity contribution in [2.24, 2.45) is 0 Å². The minimum Gasteiger partial charge on any atom is -0.495 e. The lowest BCUT2D eigenvalue weighted by Crippen LogP contribution is -2.45. The van der Waals surface area contributed by atoms with Crippen LogP contribution in [-0.4, -0.2) is 33.7 Å². The Balaban J connectivity index is 1.87. The van der Waals surface area contributed by atoms with Gasteiger partial charge in [-0.1, -0.05) is 41.9 Å². The summed E-state index contributed by atoms with van der Waals surface area (Å²) in [6.07, 6.45) is 1.03. The zero-order valence-electron chi connectivity index (χ0n) is 17.8. The number of benzene rings is 3. The van der Waals surface area contributed by atoms with Gasteiger partial charge < -0.3 is 14.8 Å². The Morgan fingerprint density at radius 2 is 1.66 bits per heavy atom. The summed E-state index contributed by atoms with van der Waals surface area (Å²) in [4.78, 5) is 13.1. The first-order valence-electron chi connectivity index (χ1n) is 9.66. The summed E-state index contributed by atoms with van der Waals surface area (Å²) in [6, 6.07) is 19.5. The van der Waals surface area contributed by atoms with Crippen molar-refractivity contribution in [1.29, 1.82) is 0 Å². The van der Waals surface area contributed by atoms with Crippen molar-refractivity contribution >= 4 is 38.9 Å². The number of nitrogens with one attached hydrogen (secondary N) is 1. The maximum absolute atomic E-state index is 13.1. The molecule has 0 fully saturated rings. The van der Waals surface area contributed by atoms with Crippen LogP contribution in [0.2, 0.25) is 5.02 Å². The first-order chi connectivity index (χ1) is 15.2. The third kappa shape index (κ3) is 5.52. The fourth-order valence-corrected chi connectivity index (χ4v) is 4.53. The number of carbonyl (C=O) groups is 1. The van der Waals surface area contributed by atoms with Crippen molar-refractivity contribution in [3.8, 4) is 17.2 Å². The normalized spacial score (nSPS) is 12.0. The van der Waals surface area contributed by atoms with Crippen LogP contribution in [0.5, 0.6) is 17.2 Å². The maximum Gasteiger partial charge on any atom is 0.248 e. The lowest BCUT2D eigenvalue weighted by Gasteiger charge is -2.28. The molecule has 0 aliphatic carbocycles. The molecule has 0 radical (unpaired) electrons. The van der Waals surface area contributed by atoms with Gasteiger partial charge in [-0.25, -0.2) is 8.42 Å². The summed E-state index contributed by atoms with van der Waals surface area (Å²) in [6.45, 7) is 1.50. The molecule has 0 aromatic heterocycles. The minimum absolute atomic E-state index is 0.230. The lowest BCUT2D eigenvalue weighted by molar-refractivity contribution is -0.116. The first-order valence-corrected chi connectivity index (χ1v) is 11.9. The summed E-state index contributed by atoms with van der Waals surface area (Å²) in [5.41, 5.74) is 0.657. The van der Waals surface area contributed by atoms with Gasteiger partial charge in [0.05, 0.1) is 29.8 Å². The molecular formula is C23H23ClN2O5S. The number of anilines is 2. The van der Waals surface area contributed by atoms with Gasteiger partial charge in [-0.05, 0) is 49.4 Å². The first kappa shape index (κ1) is 23.4. The number of hydrogen-bond donors (Lipinski definition) is 1. The monoisotopic (exact) mass is 474 g/mol. The largest absolute Gasteiger partial charge is 0.495 e. The molecule has 3 aromatic rings. The molecule has 0 saturated carbocycles. The molecular weight excluding hydrogens is 452 g/mol. The van der Waals surface area contributed by atoms with Gasteiger partial charge in [0.25, 0.3) is 0 Å². The minimum atomic E-state index is -3.81. The van der Waals surface area contributed by atoms with E-state index in [-0.39, 0.29) is 10.7 Å². The third-order valence-electron chi connectivity index (χ3n) is 4.59. The molecule has 0 aliphatic rings. The number of amides is 1. The predicted molar refractivity (Wildman–Crippen MR) is 126 cm³/mol. The quantitative estimate of drug-likeness (QED) is 0.500. The van der Waals surface area contributed by atoms with Crippen LogP contribution >= 0.6 is 11.6 Å². The van der Waals surface area contributed by atoms with E-state index in [0.29, 0.717) is 22.9 Å². The Hall–Kier alpha value is -3.23. The maximum atomic E-state index is 13.1. The smallest absolute Gasteiger partial charge is 0.248 e. The van der Waals surface area contributed by atoms with Gasteiger partial charge in [-0.2, -0.15) is 0 Å². The number of hydrogen-bond acceptors (Lipinski definition) is 5. The Morgan fingerprint density at radius 3 is 2.28 bits per heavy atom. The molecule has 1 N–H and O–H groups in total. The topological polar surface area (TPSA) is 84.9 Å². The average molecular weight is 475 g/mol. The van der Waals surface area contributed by atoms with Crippen LogP contribution in [0.4, 0.5) is 11.4 Å². The molecule has 0 bridgehead atoms. The highest BCUT2D eigenvalue weighted by atomic mass is 35.5. The summed E-state index contributed by atoms with van der Waals surface area (Å²) >= 11 is 6.17. The number of para-hydroxylation sites is 3. The number of nitrogens with zero attached hydrogens (tertiary/aromatic N) is 1. The molecule has 0 unspecified atom stereocenters. The third-order valence-corrected chi connectivity index (χ3v) is 6.13. The number of ether oxygens (including phenoxy) is 2. The lowest BCUT2D eigenvalue weighted by atomic mass is 10.2. The van der Waals surface area contributed by atoms with E-state index in [2.05, 4.69) is 5.32 Å². The van der Waals surface area contributed by atoms with Crippen LogP contribution in [0.25, 0.3) is 0 Å². The number of carbonyl (C=O) groups excluding carboxylic acids is 1. The molecule has 168 valence electrons.